The second-order valence-electron chi connectivity index (χ2n) is 19.6. The molecule has 19 heteroatoms. The number of ether oxygens (including phenoxy) is 2. The van der Waals surface area contributed by atoms with Crippen molar-refractivity contribution in [1.82, 2.24) is 9.13 Å². The number of esters is 2. The number of aliphatic hydroxyl groups is 1. The molecule has 0 spiro atoms. The number of aromatic nitrogens is 2. The molecule has 4 aromatic carbocycles. The summed E-state index contributed by atoms with van der Waals surface area (Å²) in [6.45, 7) is 22.0. The third kappa shape index (κ3) is 14.8. The number of aliphatic hydroxyl groups excluding tert-OH is 1. The molecule has 0 amide bonds. The predicted molar refractivity (Wildman–Crippen MR) is 281 cm³/mol. The first kappa shape index (κ1) is 63.9. The van der Waals surface area contributed by atoms with Crippen LogP contribution in [0.5, 0.6) is 0 Å². The Hall–Kier alpha value is -4.36. The van der Waals surface area contributed by atoms with Crippen molar-refractivity contribution < 1.29 is 80.8 Å². The van der Waals surface area contributed by atoms with Crippen molar-refractivity contribution in [3.05, 3.63) is 160 Å². The molecule has 2 aromatic heterocycles. The van der Waals surface area contributed by atoms with Crippen LogP contribution in [0.25, 0.3) is 21.8 Å². The summed E-state index contributed by atoms with van der Waals surface area (Å²) in [5, 5.41) is 18.2. The van der Waals surface area contributed by atoms with E-state index < -0.39 is 60.4 Å². The van der Waals surface area contributed by atoms with Crippen LogP contribution in [0, 0.1) is 35.1 Å². The van der Waals surface area contributed by atoms with E-state index in [0.717, 1.165) is 7.11 Å². The van der Waals surface area contributed by atoms with Crippen LogP contribution >= 0.6 is 23.2 Å². The maximum atomic E-state index is 15.5. The Bertz CT molecular complexity index is 3070. The number of rotatable bonds is 16. The van der Waals surface area contributed by atoms with Crippen molar-refractivity contribution in [2.24, 2.45) is 11.8 Å². The largest absolute Gasteiger partial charge is 1.00 e. The third-order valence-corrected chi connectivity index (χ3v) is 18.2. The molecule has 0 aliphatic carbocycles. The first-order valence-electron chi connectivity index (χ1n) is 23.9. The van der Waals surface area contributed by atoms with Gasteiger partial charge in [-0.15, -0.1) is 0 Å². The van der Waals surface area contributed by atoms with E-state index in [1.54, 1.807) is 30.5 Å². The summed E-state index contributed by atoms with van der Waals surface area (Å²) >= 11 is 11.7. The molecule has 0 aliphatic heterocycles. The summed E-state index contributed by atoms with van der Waals surface area (Å²) in [5.74, 6) is -4.15. The molecule has 1 N–H and O–H groups in total. The van der Waals surface area contributed by atoms with Gasteiger partial charge in [0.05, 0.1) is 59.6 Å². The molecule has 0 saturated heterocycles. The zero-order chi connectivity index (χ0) is 54.9. The molecule has 2 atom stereocenters. The number of nitrogens with zero attached hydrogens (tertiary/aromatic N) is 2. The number of pyridine rings is 2. The Kier molecular flexibility index (Phi) is 23.9. The number of carbonyl (C=O) groups is 2. The van der Waals surface area contributed by atoms with Gasteiger partial charge in [0, 0.05) is 36.0 Å². The molecule has 11 nitrogen and oxygen atoms in total. The molecule has 0 unspecified atom stereocenters. The Morgan fingerprint density at radius 2 is 1.05 bits per heavy atom. The van der Waals surface area contributed by atoms with E-state index >= 15 is 8.78 Å². The van der Waals surface area contributed by atoms with Crippen LogP contribution in [-0.2, 0) is 26.7 Å². The van der Waals surface area contributed by atoms with E-state index in [1.165, 1.54) is 65.5 Å². The number of hydrogen-bond donors (Lipinski definition) is 1. The molecule has 396 valence electrons. The van der Waals surface area contributed by atoms with Gasteiger partial charge in [-0.05, 0) is 102 Å². The maximum Gasteiger partial charge on any atom is 1.00 e. The van der Waals surface area contributed by atoms with E-state index in [0.29, 0.717) is 12.1 Å². The van der Waals surface area contributed by atoms with Crippen LogP contribution in [0.1, 0.15) is 117 Å². The van der Waals surface area contributed by atoms with Crippen LogP contribution in [0.2, 0.25) is 28.2 Å². The monoisotopic (exact) mass is 1090 g/mol. The Morgan fingerprint density at radius 3 is 1.39 bits per heavy atom. The maximum absolute atomic E-state index is 15.5. The van der Waals surface area contributed by atoms with Gasteiger partial charge in [-0.25, -0.2) is 27.2 Å². The summed E-state index contributed by atoms with van der Waals surface area (Å²) in [6.07, 6.45) is 2.52. The Labute approximate surface area is 463 Å². The molecule has 0 radical (unpaired) electrons. The second kappa shape index (κ2) is 27.6. The van der Waals surface area contributed by atoms with Gasteiger partial charge >= 0.3 is 41.5 Å². The molecule has 0 aliphatic rings. The van der Waals surface area contributed by atoms with Gasteiger partial charge in [-0.1, -0.05) is 95.9 Å². The Balaban J connectivity index is 0.000000379. The zero-order valence-corrected chi connectivity index (χ0v) is 48.9. The van der Waals surface area contributed by atoms with Gasteiger partial charge in [0.25, 0.3) is 0 Å². The molecule has 2 heterocycles. The van der Waals surface area contributed by atoms with Gasteiger partial charge in [0.2, 0.25) is 10.9 Å². The number of carbonyl (C=O) groups excluding carboxylic acids is 2. The summed E-state index contributed by atoms with van der Waals surface area (Å²) in [5.41, 5.74) is -0.428. The molecule has 0 saturated carbocycles. The minimum Gasteiger partial charge on any atom is -0.857 e. The predicted octanol–water partition coefficient (Wildman–Crippen LogP) is 8.79. The third-order valence-electron chi connectivity index (χ3n) is 13.1. The summed E-state index contributed by atoms with van der Waals surface area (Å²) < 4.78 is 79.6. The quantitative estimate of drug-likeness (QED) is 0.0571. The Morgan fingerprint density at radius 1 is 0.676 bits per heavy atom. The number of fused-ring (bicyclic) bond motifs is 2. The zero-order valence-electron chi connectivity index (χ0n) is 44.4. The molecule has 74 heavy (non-hydrogen) atoms. The summed E-state index contributed by atoms with van der Waals surface area (Å²) in [7, 11) is -1.38. The van der Waals surface area contributed by atoms with Crippen molar-refractivity contribution in [2.45, 2.75) is 105 Å². The molecular formula is C55H65Cl2F4N2NaO9Si. The van der Waals surface area contributed by atoms with Gasteiger partial charge in [0.15, 0.2) is 8.32 Å². The van der Waals surface area contributed by atoms with Crippen LogP contribution in [0.3, 0.4) is 0 Å². The minimum atomic E-state index is -2.13. The number of hydrogen-bond acceptors (Lipinski definition) is 9. The van der Waals surface area contributed by atoms with Crippen molar-refractivity contribution in [3.63, 3.8) is 0 Å². The average molecular weight is 1100 g/mol. The fraction of sp³-hybridized carbons (Fsp3) is 0.418. The first-order valence-corrected chi connectivity index (χ1v) is 27.5. The first-order chi connectivity index (χ1) is 34.3. The molecule has 0 fully saturated rings. The minimum absolute atomic E-state index is 0. The van der Waals surface area contributed by atoms with E-state index in [9.17, 15) is 33.1 Å². The average Bonchev–Trinajstić information content (AvgIpc) is 3.32. The second-order valence-corrected chi connectivity index (χ2v) is 25.2. The van der Waals surface area contributed by atoms with Gasteiger partial charge in [-0.3, -0.25) is 9.59 Å². The number of halogens is 6. The van der Waals surface area contributed by atoms with Crippen molar-refractivity contribution in [1.29, 1.82) is 0 Å². The molecular weight excluding hydrogens is 1030 g/mol. The van der Waals surface area contributed by atoms with Crippen molar-refractivity contribution in [3.8, 4) is 0 Å². The van der Waals surface area contributed by atoms with Gasteiger partial charge < -0.3 is 33.2 Å². The standard InChI is InChI=1S/C30H38ClF2NO4Si.C24H24ClF2NO4.CH3O.Na/c1-9-37-29(36)22-16-34(26(18(2)3)17-38-39(7,8)30(4,5)6)25-15-24(32)20(14-21(25)28(22)35)13-19-11-10-12-23(31)27(19)33;1-4-32-24(31)17-11-28(21(12-29)13(2)3)20-10-19(26)15(9-16(20)23(17)30)8-14-6-5-7-18(25)22(14)27;1-2;/h10-12,14-16,18,26H,9,13,17H2,1-8H3;5-7,9-11,13,21,29H,4,8,12H2,1-3H3;1H3;/q;;-1;+1/t26-;21-;;/m11../s1. The van der Waals surface area contributed by atoms with Crippen LogP contribution in [0.4, 0.5) is 17.6 Å². The topological polar surface area (TPSA) is 149 Å². The van der Waals surface area contributed by atoms with Crippen LogP contribution < -0.4 is 45.5 Å². The molecule has 6 aromatic rings. The van der Waals surface area contributed by atoms with Crippen LogP contribution in [0.15, 0.2) is 82.6 Å². The molecule has 0 bridgehead atoms. The van der Waals surface area contributed by atoms with Crippen LogP contribution in [-0.4, -0.2) is 68.0 Å². The van der Waals surface area contributed by atoms with E-state index in [-0.39, 0.29) is 145 Å². The molecule has 6 rings (SSSR count). The van der Waals surface area contributed by atoms with E-state index in [1.807, 2.05) is 27.7 Å². The van der Waals surface area contributed by atoms with Crippen molar-refractivity contribution >= 4 is 65.3 Å². The fourth-order valence-electron chi connectivity index (χ4n) is 7.86. The fourth-order valence-corrected chi connectivity index (χ4v) is 9.27. The van der Waals surface area contributed by atoms with Crippen molar-refractivity contribution in [2.75, 3.05) is 33.5 Å². The SMILES string of the molecule is CCOC(=O)c1cn([C@H](CO)C(C)C)c2cc(F)c(Cc3cccc(Cl)c3F)cc2c1=O.CCOC(=O)c1cn([C@H](CO[Si](C)(C)C(C)(C)C)C(C)C)c2cc(F)c(Cc3cccc(Cl)c3F)cc2c1=O.C[O-].[Na+]. The van der Waals surface area contributed by atoms with E-state index in [2.05, 4.69) is 33.9 Å². The van der Waals surface area contributed by atoms with Gasteiger partial charge in [0.1, 0.15) is 34.4 Å². The van der Waals surface area contributed by atoms with E-state index in [4.69, 9.17) is 42.2 Å². The smallest absolute Gasteiger partial charge is 0.857 e. The summed E-state index contributed by atoms with van der Waals surface area (Å²) in [6, 6.07) is 13.3. The van der Waals surface area contributed by atoms with Gasteiger partial charge in [-0.2, -0.15) is 7.11 Å². The normalized spacial score (nSPS) is 12.4. The summed E-state index contributed by atoms with van der Waals surface area (Å²) in [4.78, 5) is 51.9. The number of benzene rings is 4.